The van der Waals surface area contributed by atoms with Gasteiger partial charge in [-0.25, -0.2) is 4.98 Å². The van der Waals surface area contributed by atoms with Crippen molar-refractivity contribution < 1.29 is 4.79 Å². The van der Waals surface area contributed by atoms with Gasteiger partial charge in [0.1, 0.15) is 5.69 Å². The molecule has 1 N–H and O–H groups in total. The van der Waals surface area contributed by atoms with Crippen molar-refractivity contribution in [3.8, 4) is 0 Å². The molecule has 0 spiro atoms. The van der Waals surface area contributed by atoms with Gasteiger partial charge in [-0.3, -0.25) is 14.4 Å². The minimum Gasteiger partial charge on any atom is -0.351 e. The Morgan fingerprint density at radius 3 is 3.00 bits per heavy atom. The van der Waals surface area contributed by atoms with Gasteiger partial charge in [-0.15, -0.1) is 11.3 Å². The first-order chi connectivity index (χ1) is 12.2. The number of carbonyl (C=O) groups excluding carboxylic acids is 1. The van der Waals surface area contributed by atoms with E-state index in [0.717, 1.165) is 30.6 Å². The molecule has 0 bridgehead atoms. The fourth-order valence-corrected chi connectivity index (χ4v) is 4.68. The number of nitrogens with one attached hydrogen (secondary N) is 1. The van der Waals surface area contributed by atoms with Crippen LogP contribution in [0, 0.1) is 6.92 Å². The zero-order chi connectivity index (χ0) is 17.2. The van der Waals surface area contributed by atoms with Gasteiger partial charge in [0.25, 0.3) is 5.91 Å². The largest absolute Gasteiger partial charge is 0.351 e. The van der Waals surface area contributed by atoms with E-state index in [1.54, 1.807) is 0 Å². The monoisotopic (exact) mass is 359 g/mol. The molecule has 1 amide bonds. The number of aromatic nitrogens is 3. The van der Waals surface area contributed by atoms with E-state index in [4.69, 9.17) is 0 Å². The van der Waals surface area contributed by atoms with Gasteiger partial charge in [0, 0.05) is 37.3 Å². The lowest BCUT2D eigenvalue weighted by Crippen LogP contribution is -2.43. The molecule has 0 aromatic carbocycles. The summed E-state index contributed by atoms with van der Waals surface area (Å²) in [6.45, 7) is 4.61. The summed E-state index contributed by atoms with van der Waals surface area (Å²) in [5.41, 5.74) is 1.82. The minimum absolute atomic E-state index is 0.0755. The highest BCUT2D eigenvalue weighted by Crippen LogP contribution is 2.30. The van der Waals surface area contributed by atoms with Crippen molar-refractivity contribution in [3.63, 3.8) is 0 Å². The molecule has 1 aliphatic heterocycles. The first kappa shape index (κ1) is 16.7. The molecule has 7 heteroatoms. The molecule has 0 unspecified atom stereocenters. The SMILES string of the molecule is Cc1nc(C(=O)NCC[C@@H]2CN(C3CCCC3)Cc3ccnn32)cs1. The van der Waals surface area contributed by atoms with Crippen molar-refractivity contribution in [2.24, 2.45) is 0 Å². The fraction of sp³-hybridized carbons (Fsp3) is 0.611. The molecular formula is C18H25N5OS. The number of carbonyl (C=O) groups is 1. The molecule has 4 rings (SSSR count). The highest BCUT2D eigenvalue weighted by atomic mass is 32.1. The number of amides is 1. The maximum absolute atomic E-state index is 12.2. The topological polar surface area (TPSA) is 63.1 Å². The normalized spacial score (nSPS) is 21.4. The minimum atomic E-state index is -0.0755. The van der Waals surface area contributed by atoms with Gasteiger partial charge in [-0.2, -0.15) is 5.10 Å². The number of aryl methyl sites for hydroxylation is 1. The molecule has 1 atom stereocenters. The Morgan fingerprint density at radius 2 is 2.24 bits per heavy atom. The zero-order valence-corrected chi connectivity index (χ0v) is 15.5. The van der Waals surface area contributed by atoms with Gasteiger partial charge in [0.05, 0.1) is 16.7 Å². The van der Waals surface area contributed by atoms with E-state index >= 15 is 0 Å². The summed E-state index contributed by atoms with van der Waals surface area (Å²) in [4.78, 5) is 19.0. The Balaban J connectivity index is 1.36. The van der Waals surface area contributed by atoms with E-state index in [2.05, 4.69) is 31.0 Å². The molecule has 2 aromatic rings. The molecule has 3 heterocycles. The van der Waals surface area contributed by atoms with Crippen LogP contribution in [0.5, 0.6) is 0 Å². The maximum Gasteiger partial charge on any atom is 0.270 e. The summed E-state index contributed by atoms with van der Waals surface area (Å²) >= 11 is 1.51. The summed E-state index contributed by atoms with van der Waals surface area (Å²) < 4.78 is 2.16. The van der Waals surface area contributed by atoms with Crippen molar-refractivity contribution in [2.45, 2.75) is 57.7 Å². The van der Waals surface area contributed by atoms with Crippen LogP contribution in [0.1, 0.15) is 59.3 Å². The molecule has 2 aliphatic rings. The lowest BCUT2D eigenvalue weighted by molar-refractivity contribution is 0.0935. The van der Waals surface area contributed by atoms with Crippen LogP contribution < -0.4 is 5.32 Å². The second-order valence-electron chi connectivity index (χ2n) is 7.09. The molecule has 0 saturated heterocycles. The van der Waals surface area contributed by atoms with Gasteiger partial charge in [-0.05, 0) is 32.3 Å². The van der Waals surface area contributed by atoms with E-state index in [9.17, 15) is 4.79 Å². The van der Waals surface area contributed by atoms with Crippen molar-refractivity contribution in [1.82, 2.24) is 25.0 Å². The van der Waals surface area contributed by atoms with E-state index in [1.807, 2.05) is 18.5 Å². The molecule has 6 nitrogen and oxygen atoms in total. The average Bonchev–Trinajstić information content (AvgIpc) is 3.35. The molecule has 25 heavy (non-hydrogen) atoms. The number of thiazole rings is 1. The molecule has 0 radical (unpaired) electrons. The third kappa shape index (κ3) is 3.62. The Bertz CT molecular complexity index is 733. The smallest absolute Gasteiger partial charge is 0.270 e. The van der Waals surface area contributed by atoms with Crippen LogP contribution >= 0.6 is 11.3 Å². The number of hydrogen-bond acceptors (Lipinski definition) is 5. The quantitative estimate of drug-likeness (QED) is 0.892. The lowest BCUT2D eigenvalue weighted by atomic mass is 10.1. The standard InChI is InChI=1S/C18H25N5OS/c1-13-21-17(12-25-13)18(24)19-8-6-15-10-22(14-4-2-3-5-14)11-16-7-9-20-23(15)16/h7,9,12,14-15H,2-6,8,10-11H2,1H3,(H,19,24)/t15-/m1/s1. The second kappa shape index (κ2) is 7.25. The number of nitrogens with zero attached hydrogens (tertiary/aromatic N) is 4. The van der Waals surface area contributed by atoms with Gasteiger partial charge < -0.3 is 5.32 Å². The van der Waals surface area contributed by atoms with E-state index in [1.165, 1.54) is 42.7 Å². The average molecular weight is 359 g/mol. The van der Waals surface area contributed by atoms with Gasteiger partial charge in [0.2, 0.25) is 0 Å². The third-order valence-corrected chi connectivity index (χ3v) is 6.14. The predicted octanol–water partition coefficient (Wildman–Crippen LogP) is 2.77. The second-order valence-corrected chi connectivity index (χ2v) is 8.15. The summed E-state index contributed by atoms with van der Waals surface area (Å²) in [5, 5.41) is 10.3. The van der Waals surface area contributed by atoms with Crippen LogP contribution in [-0.4, -0.2) is 44.7 Å². The van der Waals surface area contributed by atoms with Crippen molar-refractivity contribution >= 4 is 17.2 Å². The van der Waals surface area contributed by atoms with Gasteiger partial charge >= 0.3 is 0 Å². The third-order valence-electron chi connectivity index (χ3n) is 5.36. The number of hydrogen-bond donors (Lipinski definition) is 1. The van der Waals surface area contributed by atoms with Gasteiger partial charge in [0.15, 0.2) is 0 Å². The molecule has 2 aromatic heterocycles. The Kier molecular flexibility index (Phi) is 4.85. The van der Waals surface area contributed by atoms with Gasteiger partial charge in [-0.1, -0.05) is 12.8 Å². The highest BCUT2D eigenvalue weighted by Gasteiger charge is 2.31. The summed E-state index contributed by atoms with van der Waals surface area (Å²) in [6, 6.07) is 3.18. The predicted molar refractivity (Wildman–Crippen MR) is 97.7 cm³/mol. The molecule has 1 fully saturated rings. The summed E-state index contributed by atoms with van der Waals surface area (Å²) in [7, 11) is 0. The zero-order valence-electron chi connectivity index (χ0n) is 14.6. The first-order valence-electron chi connectivity index (χ1n) is 9.17. The van der Waals surface area contributed by atoms with Crippen molar-refractivity contribution in [2.75, 3.05) is 13.1 Å². The Hall–Kier alpha value is -1.73. The summed E-state index contributed by atoms with van der Waals surface area (Å²) in [5.74, 6) is -0.0755. The van der Waals surface area contributed by atoms with Crippen molar-refractivity contribution in [1.29, 1.82) is 0 Å². The summed E-state index contributed by atoms with van der Waals surface area (Å²) in [6.07, 6.45) is 8.15. The van der Waals surface area contributed by atoms with Crippen LogP contribution in [0.4, 0.5) is 0 Å². The van der Waals surface area contributed by atoms with E-state index in [0.29, 0.717) is 18.3 Å². The fourth-order valence-electron chi connectivity index (χ4n) is 4.09. The van der Waals surface area contributed by atoms with E-state index in [-0.39, 0.29) is 5.91 Å². The molecule has 1 saturated carbocycles. The van der Waals surface area contributed by atoms with E-state index < -0.39 is 0 Å². The molecular weight excluding hydrogens is 334 g/mol. The Morgan fingerprint density at radius 1 is 1.40 bits per heavy atom. The lowest BCUT2D eigenvalue weighted by Gasteiger charge is -2.37. The van der Waals surface area contributed by atoms with Crippen LogP contribution in [0.25, 0.3) is 0 Å². The maximum atomic E-state index is 12.2. The van der Waals surface area contributed by atoms with Crippen LogP contribution in [0.2, 0.25) is 0 Å². The van der Waals surface area contributed by atoms with Crippen molar-refractivity contribution in [3.05, 3.63) is 34.0 Å². The molecule has 134 valence electrons. The highest BCUT2D eigenvalue weighted by molar-refractivity contribution is 7.09. The Labute approximate surface area is 152 Å². The van der Waals surface area contributed by atoms with Crippen LogP contribution in [-0.2, 0) is 6.54 Å². The molecule has 1 aliphatic carbocycles. The number of fused-ring (bicyclic) bond motifs is 1. The first-order valence-corrected chi connectivity index (χ1v) is 10.1. The van der Waals surface area contributed by atoms with Crippen LogP contribution in [0.3, 0.4) is 0 Å². The number of rotatable bonds is 5. The van der Waals surface area contributed by atoms with Crippen LogP contribution in [0.15, 0.2) is 17.6 Å².